The van der Waals surface area contributed by atoms with Crippen LogP contribution in [0.5, 0.6) is 0 Å². The number of ether oxygens (including phenoxy) is 1. The number of hydrogen-bond acceptors (Lipinski definition) is 3. The lowest BCUT2D eigenvalue weighted by molar-refractivity contribution is 0.0638. The van der Waals surface area contributed by atoms with Gasteiger partial charge in [0.05, 0.1) is 6.54 Å². The lowest BCUT2D eigenvalue weighted by Gasteiger charge is -2.20. The van der Waals surface area contributed by atoms with Gasteiger partial charge in [-0.2, -0.15) is 0 Å². The second kappa shape index (κ2) is 3.31. The minimum Gasteiger partial charge on any atom is -0.441 e. The number of amides is 1. The van der Waals surface area contributed by atoms with E-state index >= 15 is 0 Å². The normalized spacial score (nSPS) is 29.2. The molecule has 1 aliphatic rings. The van der Waals surface area contributed by atoms with Gasteiger partial charge >= 0.3 is 6.09 Å². The lowest BCUT2D eigenvalue weighted by atomic mass is 10.0. The highest BCUT2D eigenvalue weighted by Gasteiger charge is 2.38. The molecule has 1 saturated heterocycles. The highest BCUT2D eigenvalue weighted by molar-refractivity contribution is 5.70. The zero-order valence-electron chi connectivity index (χ0n) is 7.67. The summed E-state index contributed by atoms with van der Waals surface area (Å²) in [4.78, 5) is 12.6. The summed E-state index contributed by atoms with van der Waals surface area (Å²) in [6.07, 6.45) is 1.52. The smallest absolute Gasteiger partial charge is 0.410 e. The van der Waals surface area contributed by atoms with Crippen molar-refractivity contribution in [3.63, 3.8) is 0 Å². The molecule has 0 saturated carbocycles. The molecule has 1 unspecified atom stereocenters. The highest BCUT2D eigenvalue weighted by atomic mass is 16.6. The van der Waals surface area contributed by atoms with Crippen molar-refractivity contribution in [3.8, 4) is 0 Å². The van der Waals surface area contributed by atoms with Crippen molar-refractivity contribution in [1.82, 2.24) is 4.90 Å². The van der Waals surface area contributed by atoms with E-state index in [4.69, 9.17) is 10.5 Å². The number of cyclic esters (lactones) is 1. The number of nitrogens with two attached hydrogens (primary N) is 1. The first-order valence-corrected chi connectivity index (χ1v) is 4.21. The van der Waals surface area contributed by atoms with Crippen LogP contribution in [0.15, 0.2) is 0 Å². The molecular formula is C8H16N2O2. The molecule has 1 aliphatic heterocycles. The quantitative estimate of drug-likeness (QED) is 0.677. The van der Waals surface area contributed by atoms with Gasteiger partial charge in [0.1, 0.15) is 5.60 Å². The average molecular weight is 172 g/mol. The third-order valence-corrected chi connectivity index (χ3v) is 2.13. The second-order valence-corrected chi connectivity index (χ2v) is 3.57. The van der Waals surface area contributed by atoms with E-state index < -0.39 is 0 Å². The second-order valence-electron chi connectivity index (χ2n) is 3.57. The molecule has 0 aromatic heterocycles. The van der Waals surface area contributed by atoms with Gasteiger partial charge in [-0.3, -0.25) is 0 Å². The Morgan fingerprint density at radius 1 is 1.75 bits per heavy atom. The fraction of sp³-hybridized carbons (Fsp3) is 0.875. The predicted octanol–water partition coefficient (Wildman–Crippen LogP) is 0.566. The minimum atomic E-state index is -0.314. The van der Waals surface area contributed by atoms with E-state index in [9.17, 15) is 4.79 Å². The van der Waals surface area contributed by atoms with E-state index in [1.54, 1.807) is 11.9 Å². The van der Waals surface area contributed by atoms with Gasteiger partial charge in [0.2, 0.25) is 0 Å². The fourth-order valence-corrected chi connectivity index (χ4v) is 1.49. The SMILES string of the molecule is CN1CC(C)(CCCN)OC1=O. The van der Waals surface area contributed by atoms with Crippen molar-refractivity contribution in [2.45, 2.75) is 25.4 Å². The zero-order chi connectivity index (χ0) is 9.19. The van der Waals surface area contributed by atoms with Crippen molar-refractivity contribution in [1.29, 1.82) is 0 Å². The molecule has 0 aromatic carbocycles. The van der Waals surface area contributed by atoms with Crippen LogP contribution in [0.4, 0.5) is 4.79 Å². The van der Waals surface area contributed by atoms with Gasteiger partial charge in [0.25, 0.3) is 0 Å². The van der Waals surface area contributed by atoms with Crippen molar-refractivity contribution < 1.29 is 9.53 Å². The maximum atomic E-state index is 11.0. The molecule has 1 heterocycles. The Morgan fingerprint density at radius 2 is 2.42 bits per heavy atom. The molecule has 0 spiro atoms. The number of hydrogen-bond donors (Lipinski definition) is 1. The topological polar surface area (TPSA) is 55.6 Å². The van der Waals surface area contributed by atoms with E-state index in [1.807, 2.05) is 6.92 Å². The van der Waals surface area contributed by atoms with Gasteiger partial charge in [-0.15, -0.1) is 0 Å². The highest BCUT2D eigenvalue weighted by Crippen LogP contribution is 2.25. The summed E-state index contributed by atoms with van der Waals surface area (Å²) in [5.74, 6) is 0. The molecule has 0 radical (unpaired) electrons. The number of carbonyl (C=O) groups excluding carboxylic acids is 1. The molecule has 1 amide bonds. The van der Waals surface area contributed by atoms with Gasteiger partial charge in [-0.1, -0.05) is 0 Å². The Morgan fingerprint density at radius 3 is 2.83 bits per heavy atom. The molecule has 1 rings (SSSR count). The molecule has 0 aromatic rings. The summed E-state index contributed by atoms with van der Waals surface area (Å²) in [5, 5.41) is 0. The van der Waals surface area contributed by atoms with Crippen LogP contribution in [0.2, 0.25) is 0 Å². The van der Waals surface area contributed by atoms with Gasteiger partial charge in [-0.05, 0) is 26.3 Å². The maximum absolute atomic E-state index is 11.0. The van der Waals surface area contributed by atoms with Gasteiger partial charge in [0.15, 0.2) is 0 Å². The Bertz CT molecular complexity index is 184. The van der Waals surface area contributed by atoms with Crippen LogP contribution in [0.1, 0.15) is 19.8 Å². The van der Waals surface area contributed by atoms with Crippen LogP contribution in [0, 0.1) is 0 Å². The van der Waals surface area contributed by atoms with Crippen LogP contribution < -0.4 is 5.73 Å². The van der Waals surface area contributed by atoms with Crippen LogP contribution >= 0.6 is 0 Å². The van der Waals surface area contributed by atoms with Crippen molar-refractivity contribution >= 4 is 6.09 Å². The van der Waals surface area contributed by atoms with E-state index in [0.29, 0.717) is 13.1 Å². The molecule has 70 valence electrons. The first kappa shape index (κ1) is 9.32. The predicted molar refractivity (Wildman–Crippen MR) is 45.8 cm³/mol. The molecule has 1 fully saturated rings. The summed E-state index contributed by atoms with van der Waals surface area (Å²) < 4.78 is 5.19. The van der Waals surface area contributed by atoms with Gasteiger partial charge in [0, 0.05) is 7.05 Å². The average Bonchev–Trinajstić information content (AvgIpc) is 2.24. The minimum absolute atomic E-state index is 0.227. The standard InChI is InChI=1S/C8H16N2O2/c1-8(4-3-5-9)6-10(2)7(11)12-8/h3-6,9H2,1-2H3. The molecule has 2 N–H and O–H groups in total. The van der Waals surface area contributed by atoms with E-state index in [-0.39, 0.29) is 11.7 Å². The maximum Gasteiger partial charge on any atom is 0.410 e. The van der Waals surface area contributed by atoms with Crippen molar-refractivity contribution in [2.75, 3.05) is 20.1 Å². The summed E-state index contributed by atoms with van der Waals surface area (Å²) in [6, 6.07) is 0. The summed E-state index contributed by atoms with van der Waals surface area (Å²) in [5.41, 5.74) is 5.07. The Balaban J connectivity index is 2.46. The zero-order valence-corrected chi connectivity index (χ0v) is 7.67. The molecule has 1 atom stereocenters. The van der Waals surface area contributed by atoms with Crippen LogP contribution in [0.3, 0.4) is 0 Å². The number of likely N-dealkylation sites (N-methyl/N-ethyl adjacent to an activating group) is 1. The Labute approximate surface area is 72.7 Å². The molecule has 4 heteroatoms. The van der Waals surface area contributed by atoms with Gasteiger partial charge < -0.3 is 15.4 Å². The largest absolute Gasteiger partial charge is 0.441 e. The van der Waals surface area contributed by atoms with E-state index in [0.717, 1.165) is 12.8 Å². The van der Waals surface area contributed by atoms with Crippen LogP contribution in [-0.4, -0.2) is 36.7 Å². The summed E-state index contributed by atoms with van der Waals surface area (Å²) >= 11 is 0. The Kier molecular flexibility index (Phi) is 2.57. The summed E-state index contributed by atoms with van der Waals surface area (Å²) in [6.45, 7) is 3.27. The molecule has 0 bridgehead atoms. The molecule has 0 aliphatic carbocycles. The van der Waals surface area contributed by atoms with Crippen molar-refractivity contribution in [3.05, 3.63) is 0 Å². The number of carbonyl (C=O) groups is 1. The van der Waals surface area contributed by atoms with E-state index in [2.05, 4.69) is 0 Å². The number of rotatable bonds is 3. The number of nitrogens with zero attached hydrogens (tertiary/aromatic N) is 1. The molecule has 4 nitrogen and oxygen atoms in total. The first-order valence-electron chi connectivity index (χ1n) is 4.21. The Hall–Kier alpha value is -0.770. The van der Waals surface area contributed by atoms with Crippen LogP contribution in [0.25, 0.3) is 0 Å². The monoisotopic (exact) mass is 172 g/mol. The van der Waals surface area contributed by atoms with Crippen LogP contribution in [-0.2, 0) is 4.74 Å². The first-order chi connectivity index (χ1) is 5.57. The lowest BCUT2D eigenvalue weighted by Crippen LogP contribution is -2.30. The van der Waals surface area contributed by atoms with Crippen molar-refractivity contribution in [2.24, 2.45) is 5.73 Å². The summed E-state index contributed by atoms with van der Waals surface area (Å²) in [7, 11) is 1.75. The van der Waals surface area contributed by atoms with Gasteiger partial charge in [-0.25, -0.2) is 4.79 Å². The molecule has 12 heavy (non-hydrogen) atoms. The third-order valence-electron chi connectivity index (χ3n) is 2.13. The fourth-order valence-electron chi connectivity index (χ4n) is 1.49. The van der Waals surface area contributed by atoms with E-state index in [1.165, 1.54) is 0 Å². The third kappa shape index (κ3) is 1.88. The molecular weight excluding hydrogens is 156 g/mol.